The molecule has 1 heterocycles. The Kier molecular flexibility index (Phi) is 3.96. The fraction of sp³-hybridized carbons (Fsp3) is 0.308. The molecule has 0 aliphatic heterocycles. The lowest BCUT2D eigenvalue weighted by Gasteiger charge is -2.02. The number of aliphatic hydroxyl groups is 1. The van der Waals surface area contributed by atoms with Crippen LogP contribution in [0.15, 0.2) is 34.9 Å². The van der Waals surface area contributed by atoms with Crippen molar-refractivity contribution >= 4 is 0 Å². The molecular weight excluding hydrogens is 232 g/mol. The summed E-state index contributed by atoms with van der Waals surface area (Å²) in [6.07, 6.45) is 0.496. The molecule has 2 aromatic rings. The average molecular weight is 248 g/mol. The lowest BCUT2D eigenvalue weighted by molar-refractivity contribution is 0.263. The summed E-state index contributed by atoms with van der Waals surface area (Å²) < 4.78 is 10.3. The zero-order valence-electron chi connectivity index (χ0n) is 10.2. The zero-order valence-corrected chi connectivity index (χ0v) is 10.2. The molecule has 5 nitrogen and oxygen atoms in total. The number of ether oxygens (including phenoxy) is 1. The van der Waals surface area contributed by atoms with E-state index in [4.69, 9.17) is 20.1 Å². The second-order valence-electron chi connectivity index (χ2n) is 4.06. The van der Waals surface area contributed by atoms with Gasteiger partial charge in [0.15, 0.2) is 5.76 Å². The highest BCUT2D eigenvalue weighted by Gasteiger charge is 2.10. The summed E-state index contributed by atoms with van der Waals surface area (Å²) in [7, 11) is 1.62. The Bertz CT molecular complexity index is 493. The van der Waals surface area contributed by atoms with E-state index in [0.29, 0.717) is 12.2 Å². The fourth-order valence-corrected chi connectivity index (χ4v) is 1.63. The molecule has 0 bridgehead atoms. The van der Waals surface area contributed by atoms with Crippen LogP contribution in [0.5, 0.6) is 5.75 Å². The van der Waals surface area contributed by atoms with E-state index in [1.807, 2.05) is 30.3 Å². The predicted molar refractivity (Wildman–Crippen MR) is 67.3 cm³/mol. The standard InChI is InChI=1S/C13H16N2O3/c1-17-12-4-2-9(3-5-12)13-7-11(15-18-13)6-10(14)8-16/h2-5,7,10,16H,6,8,14H2,1H3. The van der Waals surface area contributed by atoms with Gasteiger partial charge in [0.2, 0.25) is 0 Å². The van der Waals surface area contributed by atoms with Crippen molar-refractivity contribution in [3.8, 4) is 17.1 Å². The van der Waals surface area contributed by atoms with Crippen molar-refractivity contribution < 1.29 is 14.4 Å². The summed E-state index contributed by atoms with van der Waals surface area (Å²) >= 11 is 0. The molecule has 2 rings (SSSR count). The van der Waals surface area contributed by atoms with Gasteiger partial charge in [-0.05, 0) is 24.3 Å². The van der Waals surface area contributed by atoms with Gasteiger partial charge in [-0.15, -0.1) is 0 Å². The number of rotatable bonds is 5. The van der Waals surface area contributed by atoms with Crippen LogP contribution in [0, 0.1) is 0 Å². The van der Waals surface area contributed by atoms with Gasteiger partial charge < -0.3 is 20.1 Å². The highest BCUT2D eigenvalue weighted by molar-refractivity contribution is 5.58. The summed E-state index contributed by atoms with van der Waals surface area (Å²) in [5, 5.41) is 12.8. The van der Waals surface area contributed by atoms with E-state index in [9.17, 15) is 0 Å². The van der Waals surface area contributed by atoms with E-state index in [0.717, 1.165) is 17.0 Å². The van der Waals surface area contributed by atoms with Gasteiger partial charge in [-0.3, -0.25) is 0 Å². The van der Waals surface area contributed by atoms with Crippen molar-refractivity contribution in [3.63, 3.8) is 0 Å². The largest absolute Gasteiger partial charge is 0.497 e. The summed E-state index contributed by atoms with van der Waals surface area (Å²) in [5.41, 5.74) is 7.30. The Morgan fingerprint density at radius 3 is 2.72 bits per heavy atom. The smallest absolute Gasteiger partial charge is 0.167 e. The third kappa shape index (κ3) is 2.88. The molecule has 1 aromatic carbocycles. The second-order valence-corrected chi connectivity index (χ2v) is 4.06. The van der Waals surface area contributed by atoms with Crippen molar-refractivity contribution in [2.75, 3.05) is 13.7 Å². The third-order valence-electron chi connectivity index (χ3n) is 2.64. The number of hydrogen-bond donors (Lipinski definition) is 2. The number of methoxy groups -OCH3 is 1. The number of nitrogens with zero attached hydrogens (tertiary/aromatic N) is 1. The lowest BCUT2D eigenvalue weighted by atomic mass is 10.1. The van der Waals surface area contributed by atoms with Gasteiger partial charge in [0.1, 0.15) is 5.75 Å². The quantitative estimate of drug-likeness (QED) is 0.831. The second kappa shape index (κ2) is 5.66. The molecule has 0 amide bonds. The number of aromatic nitrogens is 1. The van der Waals surface area contributed by atoms with E-state index in [1.165, 1.54) is 0 Å². The van der Waals surface area contributed by atoms with Crippen molar-refractivity contribution in [2.45, 2.75) is 12.5 Å². The van der Waals surface area contributed by atoms with Crippen molar-refractivity contribution in [2.24, 2.45) is 5.73 Å². The Labute approximate surface area is 105 Å². The van der Waals surface area contributed by atoms with Crippen molar-refractivity contribution in [3.05, 3.63) is 36.0 Å². The molecule has 18 heavy (non-hydrogen) atoms. The Hall–Kier alpha value is -1.85. The molecule has 0 fully saturated rings. The normalized spacial score (nSPS) is 12.4. The van der Waals surface area contributed by atoms with Crippen LogP contribution >= 0.6 is 0 Å². The Morgan fingerprint density at radius 2 is 2.11 bits per heavy atom. The maximum atomic E-state index is 8.88. The first-order valence-electron chi connectivity index (χ1n) is 5.69. The molecule has 0 saturated heterocycles. The maximum Gasteiger partial charge on any atom is 0.167 e. The van der Waals surface area contributed by atoms with Gasteiger partial charge in [0.25, 0.3) is 0 Å². The first-order valence-corrected chi connectivity index (χ1v) is 5.69. The van der Waals surface area contributed by atoms with E-state index < -0.39 is 0 Å². The predicted octanol–water partition coefficient (Wildman–Crippen LogP) is 1.21. The summed E-state index contributed by atoms with van der Waals surface area (Å²) in [6, 6.07) is 9.04. The molecule has 0 aliphatic carbocycles. The molecule has 1 unspecified atom stereocenters. The molecule has 1 aromatic heterocycles. The van der Waals surface area contributed by atoms with Crippen molar-refractivity contribution in [1.29, 1.82) is 0 Å². The Balaban J connectivity index is 2.13. The molecule has 3 N–H and O–H groups in total. The van der Waals surface area contributed by atoms with Crippen LogP contribution in [0.3, 0.4) is 0 Å². The third-order valence-corrected chi connectivity index (χ3v) is 2.64. The first kappa shape index (κ1) is 12.6. The SMILES string of the molecule is COc1ccc(-c2cc(CC(N)CO)no2)cc1. The van der Waals surface area contributed by atoms with Gasteiger partial charge in [-0.25, -0.2) is 0 Å². The van der Waals surface area contributed by atoms with Crippen LogP contribution in [-0.4, -0.2) is 30.0 Å². The number of hydrogen-bond acceptors (Lipinski definition) is 5. The molecular formula is C13H16N2O3. The Morgan fingerprint density at radius 1 is 1.39 bits per heavy atom. The summed E-state index contributed by atoms with van der Waals surface area (Å²) in [4.78, 5) is 0. The first-order chi connectivity index (χ1) is 8.72. The maximum absolute atomic E-state index is 8.88. The molecule has 1 atom stereocenters. The molecule has 0 spiro atoms. The average Bonchev–Trinajstić information content (AvgIpc) is 2.87. The van der Waals surface area contributed by atoms with Gasteiger partial charge >= 0.3 is 0 Å². The van der Waals surface area contributed by atoms with Crippen LogP contribution in [0.2, 0.25) is 0 Å². The number of nitrogens with two attached hydrogens (primary N) is 1. The molecule has 5 heteroatoms. The number of benzene rings is 1. The topological polar surface area (TPSA) is 81.5 Å². The minimum Gasteiger partial charge on any atom is -0.497 e. The van der Waals surface area contributed by atoms with Crippen LogP contribution in [0.4, 0.5) is 0 Å². The molecule has 0 saturated carbocycles. The summed E-state index contributed by atoms with van der Waals surface area (Å²) in [6.45, 7) is -0.0648. The van der Waals surface area contributed by atoms with Gasteiger partial charge in [-0.2, -0.15) is 0 Å². The van der Waals surface area contributed by atoms with Gasteiger partial charge in [-0.1, -0.05) is 5.16 Å². The van der Waals surface area contributed by atoms with Crippen LogP contribution in [0.25, 0.3) is 11.3 Å². The summed E-state index contributed by atoms with van der Waals surface area (Å²) in [5.74, 6) is 1.47. The minimum atomic E-state index is -0.307. The number of aliphatic hydroxyl groups excluding tert-OH is 1. The fourth-order valence-electron chi connectivity index (χ4n) is 1.63. The monoisotopic (exact) mass is 248 g/mol. The molecule has 96 valence electrons. The lowest BCUT2D eigenvalue weighted by Crippen LogP contribution is -2.26. The van der Waals surface area contributed by atoms with Crippen LogP contribution in [0.1, 0.15) is 5.69 Å². The van der Waals surface area contributed by atoms with E-state index in [1.54, 1.807) is 7.11 Å². The van der Waals surface area contributed by atoms with Crippen LogP contribution < -0.4 is 10.5 Å². The minimum absolute atomic E-state index is 0.0648. The van der Waals surface area contributed by atoms with E-state index in [2.05, 4.69) is 5.16 Å². The zero-order chi connectivity index (χ0) is 13.0. The highest BCUT2D eigenvalue weighted by Crippen LogP contribution is 2.23. The molecule has 0 aliphatic rings. The van der Waals surface area contributed by atoms with Gasteiger partial charge in [0, 0.05) is 24.1 Å². The van der Waals surface area contributed by atoms with E-state index in [-0.39, 0.29) is 12.6 Å². The van der Waals surface area contributed by atoms with E-state index >= 15 is 0 Å². The molecule has 0 radical (unpaired) electrons. The van der Waals surface area contributed by atoms with Crippen LogP contribution in [-0.2, 0) is 6.42 Å². The van der Waals surface area contributed by atoms with Gasteiger partial charge in [0.05, 0.1) is 19.4 Å². The highest BCUT2D eigenvalue weighted by atomic mass is 16.5. The van der Waals surface area contributed by atoms with Crippen molar-refractivity contribution in [1.82, 2.24) is 5.16 Å².